The third kappa shape index (κ3) is 22.3. The molecule has 0 spiro atoms. The topological polar surface area (TPSA) is 361 Å². The number of ketones is 2. The number of pyridine rings is 4. The molecule has 4 aliphatic carbocycles. The molecular weight excluding hydrogens is 1670 g/mol. The first-order valence-corrected chi connectivity index (χ1v) is 48.3. The van der Waals surface area contributed by atoms with E-state index >= 15 is 9.59 Å². The molecule has 8 aliphatic rings. The van der Waals surface area contributed by atoms with Gasteiger partial charge in [-0.25, -0.2) is 36.8 Å². The Bertz CT molecular complexity index is 5150. The van der Waals surface area contributed by atoms with Gasteiger partial charge >= 0.3 is 11.9 Å². The van der Waals surface area contributed by atoms with Gasteiger partial charge in [0, 0.05) is 72.1 Å². The van der Waals surface area contributed by atoms with Gasteiger partial charge in [-0.3, -0.25) is 47.8 Å². The van der Waals surface area contributed by atoms with Crippen molar-refractivity contribution in [2.45, 2.75) is 284 Å². The van der Waals surface area contributed by atoms with Crippen molar-refractivity contribution in [2.75, 3.05) is 27.3 Å². The van der Waals surface area contributed by atoms with Crippen LogP contribution in [-0.4, -0.2) is 178 Å². The van der Waals surface area contributed by atoms with Crippen molar-refractivity contribution in [3.05, 3.63) is 109 Å². The quantitative estimate of drug-likeness (QED) is 0.0471. The van der Waals surface area contributed by atoms with Crippen molar-refractivity contribution in [3.63, 3.8) is 0 Å². The van der Waals surface area contributed by atoms with Crippen molar-refractivity contribution in [2.24, 2.45) is 58.2 Å². The van der Waals surface area contributed by atoms with Gasteiger partial charge in [0.25, 0.3) is 0 Å². The van der Waals surface area contributed by atoms with Crippen LogP contribution in [0, 0.1) is 58.2 Å². The van der Waals surface area contributed by atoms with Crippen molar-refractivity contribution >= 4 is 88.7 Å². The number of aromatic nitrogens is 4. The van der Waals surface area contributed by atoms with E-state index < -0.39 is 111 Å². The van der Waals surface area contributed by atoms with Crippen LogP contribution in [0.15, 0.2) is 109 Å². The summed E-state index contributed by atoms with van der Waals surface area (Å²) in [6.07, 6.45) is 15.7. The van der Waals surface area contributed by atoms with E-state index in [0.29, 0.717) is 121 Å². The number of carbonyl (C=O) groups is 8. The molecule has 6 aromatic rings. The van der Waals surface area contributed by atoms with Crippen molar-refractivity contribution in [3.8, 4) is 57.5 Å². The fourth-order valence-electron chi connectivity index (χ4n) is 18.4. The summed E-state index contributed by atoms with van der Waals surface area (Å²) in [4.78, 5) is 137. The van der Waals surface area contributed by atoms with E-state index in [0.717, 1.165) is 23.6 Å². The Balaban J connectivity index is 0.000000219. The number of methoxy groups -OCH3 is 2. The number of carbonyl (C=O) groups excluding carboxylic acids is 8. The Morgan fingerprint density at radius 1 is 0.523 bits per heavy atom. The number of esters is 2. The number of fused-ring (bicyclic) bond motifs is 6. The molecule has 692 valence electrons. The van der Waals surface area contributed by atoms with Crippen LogP contribution in [0.2, 0.25) is 0 Å². The summed E-state index contributed by atoms with van der Waals surface area (Å²) in [6, 6.07) is 20.1. The molecule has 128 heavy (non-hydrogen) atoms. The Kier molecular flexibility index (Phi) is 28.2. The minimum atomic E-state index is -3.99. The molecule has 30 heteroatoms. The monoisotopic (exact) mass is 1800 g/mol. The number of ether oxygens (including phenoxy) is 8. The number of benzene rings is 2. The van der Waals surface area contributed by atoms with Crippen LogP contribution in [0.5, 0.6) is 35.0 Å². The molecule has 8 heterocycles. The second kappa shape index (κ2) is 37.8. The molecule has 14 rings (SSSR count). The maximum Gasteiger partial charge on any atom is 0.307 e. The molecule has 4 aromatic heterocycles. The SMILES string of the molecule is COc1ccc2c(O[C@@H]3C[C@H]4C(=O)C[C@]5(C(=O)NS(=O)(=O)C6(C)CC6)C[C@H]5/C=C\CC[C@@H](C)C[C@@H](C)[C@H](CC(=O)OC(C)(C)C)C(=O)N4C3)nc(-c3ccc(OC(C)C)nc3)cc2c1.COc1ccc2c(O[C@@H]3C[C@H]4C(=O)C[C@]5(C(=O)NS(=O)(=O)C6(C)CC6)C[C@H]5/C=C\CC[C@H](C)C[C@@H](C)[C@H](CC(=O)OC(C)(C)C)C(=O)N4C3)nc(-c3ccc(OC(C)C)nc3)cc2c1. The maximum absolute atomic E-state index is 15.1. The highest BCUT2D eigenvalue weighted by Gasteiger charge is 2.65. The van der Waals surface area contributed by atoms with Gasteiger partial charge in [0.1, 0.15) is 34.9 Å². The summed E-state index contributed by atoms with van der Waals surface area (Å²) in [5.41, 5.74) is -1.61. The number of Topliss-reactive ketones (excluding diaryl/α,β-unsaturated/α-hetero) is 2. The molecule has 0 radical (unpaired) electrons. The van der Waals surface area contributed by atoms with Crippen molar-refractivity contribution < 1.29 is 93.1 Å². The predicted molar refractivity (Wildman–Crippen MR) is 484 cm³/mol. The van der Waals surface area contributed by atoms with E-state index in [1.165, 1.54) is 9.80 Å². The minimum absolute atomic E-state index is 0.00391. The molecule has 4 aliphatic heterocycles. The van der Waals surface area contributed by atoms with Crippen molar-refractivity contribution in [1.29, 1.82) is 0 Å². The third-order valence-corrected chi connectivity index (χ3v) is 30.9. The zero-order valence-electron chi connectivity index (χ0n) is 77.3. The van der Waals surface area contributed by atoms with E-state index in [4.69, 9.17) is 47.9 Å². The molecular formula is C98H128N8O20S2. The molecule has 6 fully saturated rings. The zero-order valence-corrected chi connectivity index (χ0v) is 78.9. The normalized spacial score (nSPS) is 27.7. The Hall–Kier alpha value is -10.1. The van der Waals surface area contributed by atoms with Gasteiger partial charge in [-0.05, 0) is 267 Å². The first-order chi connectivity index (χ1) is 60.2. The number of hydrogen-bond donors (Lipinski definition) is 2. The number of rotatable bonds is 22. The Morgan fingerprint density at radius 2 is 0.898 bits per heavy atom. The predicted octanol–water partition coefficient (Wildman–Crippen LogP) is 15.5. The summed E-state index contributed by atoms with van der Waals surface area (Å²) in [5.74, 6) is -3.61. The van der Waals surface area contributed by atoms with Crippen LogP contribution in [-0.2, 0) is 67.9 Å². The second-order valence-electron chi connectivity index (χ2n) is 40.3. The summed E-state index contributed by atoms with van der Waals surface area (Å²) in [5, 5.41) is 2.91. The lowest BCUT2D eigenvalue weighted by molar-refractivity contribution is -0.160. The molecule has 2 N–H and O–H groups in total. The number of nitrogens with one attached hydrogen (secondary N) is 2. The molecule has 4 saturated carbocycles. The fraction of sp³-hybridized carbons (Fsp3) is 0.592. The van der Waals surface area contributed by atoms with E-state index in [2.05, 4.69) is 33.3 Å². The molecule has 0 unspecified atom stereocenters. The van der Waals surface area contributed by atoms with Gasteiger partial charge in [-0.2, -0.15) is 0 Å². The highest BCUT2D eigenvalue weighted by molar-refractivity contribution is 7.92. The largest absolute Gasteiger partial charge is 0.497 e. The number of hydrogen-bond acceptors (Lipinski definition) is 24. The van der Waals surface area contributed by atoms with Gasteiger partial charge in [-0.15, -0.1) is 0 Å². The standard InChI is InChI=1S/2C49H64N4O10S/c2*1-29(2)61-42-17-14-32(27-50-42)39-22-33-21-35(60-9)15-16-37(33)44(51-39)62-36-23-40-41(54)26-49(46(57)52-64(58,59)48(8)18-19-48)25-34(49)13-11-10-12-30(3)20-31(4)38(45(56)53(40)28-36)24-43(55)63-47(5,6)7/h2*11,13-17,21-22,27,29-31,34,36,38,40H,10,12,18-20,23-26,28H2,1-9H3,(H,52,57)/b2*13-11-/t30-,31+,34+,36+,38-,40-,49+;30-,31-,34-,36-,38+,40+,49-/m01/s1. The average Bonchev–Trinajstić information content (AvgIpc) is 1.57. The summed E-state index contributed by atoms with van der Waals surface area (Å²) in [7, 11) is -4.80. The average molecular weight is 1800 g/mol. The molecule has 28 nitrogen and oxygen atoms in total. The number of sulfonamides is 2. The van der Waals surface area contributed by atoms with Gasteiger partial charge in [0.15, 0.2) is 11.6 Å². The van der Waals surface area contributed by atoms with Crippen LogP contribution < -0.4 is 37.9 Å². The van der Waals surface area contributed by atoms with E-state index in [1.54, 1.807) is 106 Å². The Morgan fingerprint density at radius 3 is 1.23 bits per heavy atom. The zero-order chi connectivity index (χ0) is 92.7. The number of allylic oxidation sites excluding steroid dienone is 4. The lowest BCUT2D eigenvalue weighted by atomic mass is 9.82. The number of nitrogens with zero attached hydrogens (tertiary/aromatic N) is 6. The third-order valence-electron chi connectivity index (χ3n) is 26.5. The van der Waals surface area contributed by atoms with Crippen LogP contribution in [0.1, 0.15) is 226 Å². The fourth-order valence-corrected chi connectivity index (χ4v) is 21.1. The summed E-state index contributed by atoms with van der Waals surface area (Å²) >= 11 is 0. The van der Waals surface area contributed by atoms with Gasteiger partial charge in [-0.1, -0.05) is 52.0 Å². The van der Waals surface area contributed by atoms with Crippen LogP contribution in [0.4, 0.5) is 0 Å². The second-order valence-corrected chi connectivity index (χ2v) is 44.7. The molecule has 2 aromatic carbocycles. The van der Waals surface area contributed by atoms with Gasteiger partial charge < -0.3 is 47.7 Å². The van der Waals surface area contributed by atoms with E-state index in [1.807, 2.05) is 114 Å². The smallest absolute Gasteiger partial charge is 0.307 e. The maximum atomic E-state index is 15.1. The minimum Gasteiger partial charge on any atom is -0.497 e. The van der Waals surface area contributed by atoms with Crippen LogP contribution >= 0.6 is 0 Å². The van der Waals surface area contributed by atoms with Crippen molar-refractivity contribution in [1.82, 2.24) is 39.2 Å². The highest BCUT2D eigenvalue weighted by Crippen LogP contribution is 2.60. The lowest BCUT2D eigenvalue weighted by Crippen LogP contribution is -2.48. The first kappa shape index (κ1) is 95.5. The lowest BCUT2D eigenvalue weighted by Gasteiger charge is -2.32. The molecule has 4 amide bonds. The van der Waals surface area contributed by atoms with E-state index in [9.17, 15) is 45.6 Å². The molecule has 2 saturated heterocycles. The van der Waals surface area contributed by atoms with Crippen LogP contribution in [0.3, 0.4) is 0 Å². The van der Waals surface area contributed by atoms with E-state index in [-0.39, 0.29) is 134 Å². The summed E-state index contributed by atoms with van der Waals surface area (Å²) < 4.78 is 104. The van der Waals surface area contributed by atoms with Gasteiger partial charge in [0.05, 0.1) is 108 Å². The van der Waals surface area contributed by atoms with Gasteiger partial charge in [0.2, 0.25) is 67.2 Å². The molecule has 14 atom stereocenters. The number of amides is 4. The molecule has 0 bridgehead atoms. The Labute approximate surface area is 752 Å². The summed E-state index contributed by atoms with van der Waals surface area (Å²) in [6.45, 7) is 29.8. The van der Waals surface area contributed by atoms with Crippen LogP contribution in [0.25, 0.3) is 44.1 Å². The first-order valence-electron chi connectivity index (χ1n) is 45.3. The highest BCUT2D eigenvalue weighted by atomic mass is 32.2.